The molecule has 0 saturated heterocycles. The minimum atomic E-state index is -3.81. The third kappa shape index (κ3) is 2.88. The second kappa shape index (κ2) is 4.70. The number of benzene rings is 1. The lowest BCUT2D eigenvalue weighted by Crippen LogP contribution is -2.25. The smallest absolute Gasteiger partial charge is 0.338 e. The van der Waals surface area contributed by atoms with E-state index in [9.17, 15) is 13.2 Å². The zero-order valence-corrected chi connectivity index (χ0v) is 10.9. The SMILES string of the molecule is Cc1cc(C(=O)OC2CCC2)cc(S(N)(=O)=O)c1. The second-order valence-corrected chi connectivity index (χ2v) is 6.10. The molecule has 0 unspecified atom stereocenters. The fourth-order valence-electron chi connectivity index (χ4n) is 1.74. The molecule has 1 saturated carbocycles. The number of primary sulfonamides is 1. The minimum Gasteiger partial charge on any atom is -0.459 e. The monoisotopic (exact) mass is 269 g/mol. The molecule has 1 aliphatic rings. The van der Waals surface area contributed by atoms with Crippen molar-refractivity contribution in [3.63, 3.8) is 0 Å². The molecule has 6 heteroatoms. The van der Waals surface area contributed by atoms with Crippen LogP contribution < -0.4 is 5.14 Å². The summed E-state index contributed by atoms with van der Waals surface area (Å²) in [4.78, 5) is 11.8. The van der Waals surface area contributed by atoms with Gasteiger partial charge in [0.05, 0.1) is 10.5 Å². The Bertz CT molecular complexity index is 576. The average molecular weight is 269 g/mol. The number of aryl methyl sites for hydroxylation is 1. The highest BCUT2D eigenvalue weighted by Gasteiger charge is 2.23. The number of sulfonamides is 1. The normalized spacial score (nSPS) is 16.1. The highest BCUT2D eigenvalue weighted by molar-refractivity contribution is 7.89. The van der Waals surface area contributed by atoms with Gasteiger partial charge in [0.1, 0.15) is 6.10 Å². The van der Waals surface area contributed by atoms with Gasteiger partial charge in [0.15, 0.2) is 0 Å². The van der Waals surface area contributed by atoms with Crippen molar-refractivity contribution in [1.29, 1.82) is 0 Å². The van der Waals surface area contributed by atoms with Gasteiger partial charge in [-0.2, -0.15) is 0 Å². The first-order valence-electron chi connectivity index (χ1n) is 5.72. The first-order valence-corrected chi connectivity index (χ1v) is 7.26. The van der Waals surface area contributed by atoms with Crippen LogP contribution in [0.5, 0.6) is 0 Å². The van der Waals surface area contributed by atoms with Crippen LogP contribution >= 0.6 is 0 Å². The Kier molecular flexibility index (Phi) is 3.41. The summed E-state index contributed by atoms with van der Waals surface area (Å²) in [5.41, 5.74) is 0.882. The number of nitrogens with two attached hydrogens (primary N) is 1. The van der Waals surface area contributed by atoms with Gasteiger partial charge in [-0.05, 0) is 49.9 Å². The number of hydrogen-bond acceptors (Lipinski definition) is 4. The highest BCUT2D eigenvalue weighted by atomic mass is 32.2. The highest BCUT2D eigenvalue weighted by Crippen LogP contribution is 2.24. The van der Waals surface area contributed by atoms with Crippen molar-refractivity contribution in [1.82, 2.24) is 0 Å². The number of carbonyl (C=O) groups excluding carboxylic acids is 1. The molecule has 1 fully saturated rings. The summed E-state index contributed by atoms with van der Waals surface area (Å²) in [5.74, 6) is -0.492. The average Bonchev–Trinajstić information content (AvgIpc) is 2.21. The lowest BCUT2D eigenvalue weighted by Gasteiger charge is -2.25. The van der Waals surface area contributed by atoms with Crippen molar-refractivity contribution >= 4 is 16.0 Å². The lowest BCUT2D eigenvalue weighted by atomic mass is 9.96. The van der Waals surface area contributed by atoms with Gasteiger partial charge in [-0.3, -0.25) is 0 Å². The van der Waals surface area contributed by atoms with Gasteiger partial charge >= 0.3 is 5.97 Å². The van der Waals surface area contributed by atoms with Gasteiger partial charge < -0.3 is 4.74 Å². The standard InChI is InChI=1S/C12H15NO4S/c1-8-5-9(7-11(6-8)18(13,15)16)12(14)17-10-3-2-4-10/h5-7,10H,2-4H2,1H3,(H2,13,15,16). The van der Waals surface area contributed by atoms with Crippen LogP contribution in [0.25, 0.3) is 0 Å². The molecule has 1 aromatic rings. The van der Waals surface area contributed by atoms with Crippen molar-refractivity contribution < 1.29 is 17.9 Å². The molecule has 0 heterocycles. The second-order valence-electron chi connectivity index (χ2n) is 4.54. The Balaban J connectivity index is 2.27. The molecule has 0 amide bonds. The minimum absolute atomic E-state index is 0.0315. The van der Waals surface area contributed by atoms with E-state index >= 15 is 0 Å². The molecular weight excluding hydrogens is 254 g/mol. The molecule has 0 aliphatic heterocycles. The van der Waals surface area contributed by atoms with E-state index < -0.39 is 16.0 Å². The summed E-state index contributed by atoms with van der Waals surface area (Å²) in [7, 11) is -3.81. The van der Waals surface area contributed by atoms with E-state index in [1.165, 1.54) is 12.1 Å². The number of ether oxygens (including phenoxy) is 1. The molecule has 0 aromatic heterocycles. The first kappa shape index (κ1) is 13.0. The van der Waals surface area contributed by atoms with E-state index in [1.54, 1.807) is 13.0 Å². The zero-order chi connectivity index (χ0) is 13.3. The topological polar surface area (TPSA) is 86.5 Å². The third-order valence-electron chi connectivity index (χ3n) is 2.94. The molecule has 2 N–H and O–H groups in total. The number of rotatable bonds is 3. The van der Waals surface area contributed by atoms with Crippen LogP contribution in [0.4, 0.5) is 0 Å². The van der Waals surface area contributed by atoms with Crippen LogP contribution in [0.1, 0.15) is 35.2 Å². The summed E-state index contributed by atoms with van der Waals surface area (Å²) in [6.45, 7) is 1.70. The predicted molar refractivity (Wildman–Crippen MR) is 65.6 cm³/mol. The molecule has 0 atom stereocenters. The zero-order valence-electron chi connectivity index (χ0n) is 10.0. The lowest BCUT2D eigenvalue weighted by molar-refractivity contribution is 0.00897. The van der Waals surface area contributed by atoms with Gasteiger partial charge in [0.25, 0.3) is 0 Å². The van der Waals surface area contributed by atoms with Crippen molar-refractivity contribution in [3.05, 3.63) is 29.3 Å². The van der Waals surface area contributed by atoms with Gasteiger partial charge in [-0.1, -0.05) is 0 Å². The molecular formula is C12H15NO4S. The van der Waals surface area contributed by atoms with E-state index in [1.807, 2.05) is 0 Å². The van der Waals surface area contributed by atoms with Crippen molar-refractivity contribution in [2.45, 2.75) is 37.2 Å². The third-order valence-corrected chi connectivity index (χ3v) is 3.83. The Morgan fingerprint density at radius 1 is 1.33 bits per heavy atom. The van der Waals surface area contributed by atoms with Gasteiger partial charge in [-0.25, -0.2) is 18.4 Å². The Morgan fingerprint density at radius 3 is 2.50 bits per heavy atom. The molecule has 1 aromatic carbocycles. The van der Waals surface area contributed by atoms with Gasteiger partial charge in [-0.15, -0.1) is 0 Å². The van der Waals surface area contributed by atoms with Crippen LogP contribution in [0.3, 0.4) is 0 Å². The maximum absolute atomic E-state index is 11.8. The summed E-state index contributed by atoms with van der Waals surface area (Å²) < 4.78 is 27.8. The van der Waals surface area contributed by atoms with Crippen LogP contribution in [-0.2, 0) is 14.8 Å². The Hall–Kier alpha value is -1.40. The summed E-state index contributed by atoms with van der Waals surface area (Å²) in [6, 6.07) is 4.27. The summed E-state index contributed by atoms with van der Waals surface area (Å²) >= 11 is 0. The number of esters is 1. The predicted octanol–water partition coefficient (Wildman–Crippen LogP) is 1.35. The van der Waals surface area contributed by atoms with Crippen LogP contribution in [0.2, 0.25) is 0 Å². The number of carbonyl (C=O) groups is 1. The Morgan fingerprint density at radius 2 is 2.00 bits per heavy atom. The Labute approximate surface area is 106 Å². The van der Waals surface area contributed by atoms with Gasteiger partial charge in [0, 0.05) is 0 Å². The maximum atomic E-state index is 11.8. The first-order chi connectivity index (χ1) is 8.36. The quantitative estimate of drug-likeness (QED) is 0.839. The van der Waals surface area contributed by atoms with Crippen molar-refractivity contribution in [3.8, 4) is 0 Å². The molecule has 5 nitrogen and oxygen atoms in total. The molecule has 1 aliphatic carbocycles. The fourth-order valence-corrected chi connectivity index (χ4v) is 2.38. The molecule has 98 valence electrons. The molecule has 0 radical (unpaired) electrons. The maximum Gasteiger partial charge on any atom is 0.338 e. The van der Waals surface area contributed by atoms with Crippen LogP contribution in [-0.4, -0.2) is 20.5 Å². The van der Waals surface area contributed by atoms with Crippen molar-refractivity contribution in [2.24, 2.45) is 5.14 Å². The number of hydrogen-bond donors (Lipinski definition) is 1. The van der Waals surface area contributed by atoms with E-state index in [0.29, 0.717) is 5.56 Å². The van der Waals surface area contributed by atoms with E-state index in [-0.39, 0.29) is 16.6 Å². The van der Waals surface area contributed by atoms with Crippen molar-refractivity contribution in [2.75, 3.05) is 0 Å². The summed E-state index contributed by atoms with van der Waals surface area (Å²) in [6.07, 6.45) is 2.78. The van der Waals surface area contributed by atoms with Crippen LogP contribution in [0.15, 0.2) is 23.1 Å². The molecule has 0 bridgehead atoms. The van der Waals surface area contributed by atoms with E-state index in [0.717, 1.165) is 19.3 Å². The molecule has 0 spiro atoms. The molecule has 2 rings (SSSR count). The summed E-state index contributed by atoms with van der Waals surface area (Å²) in [5, 5.41) is 5.05. The molecule has 18 heavy (non-hydrogen) atoms. The van der Waals surface area contributed by atoms with Crippen LogP contribution in [0, 0.1) is 6.92 Å². The largest absolute Gasteiger partial charge is 0.459 e. The van der Waals surface area contributed by atoms with E-state index in [2.05, 4.69) is 0 Å². The fraction of sp³-hybridized carbons (Fsp3) is 0.417. The van der Waals surface area contributed by atoms with E-state index in [4.69, 9.17) is 9.88 Å². The van der Waals surface area contributed by atoms with Gasteiger partial charge in [0.2, 0.25) is 10.0 Å².